The van der Waals surface area contributed by atoms with Gasteiger partial charge in [0.25, 0.3) is 0 Å². The molecule has 5 rings (SSSR count). The molecule has 26 heavy (non-hydrogen) atoms. The van der Waals surface area contributed by atoms with Crippen molar-refractivity contribution in [3.05, 3.63) is 54.1 Å². The Morgan fingerprint density at radius 2 is 2.08 bits per heavy atom. The van der Waals surface area contributed by atoms with E-state index in [1.807, 2.05) is 31.2 Å². The molecule has 0 spiro atoms. The molecule has 4 heterocycles. The van der Waals surface area contributed by atoms with Gasteiger partial charge in [-0.2, -0.15) is 5.10 Å². The predicted molar refractivity (Wildman–Crippen MR) is 99.0 cm³/mol. The number of ether oxygens (including phenoxy) is 1. The molecule has 6 heteroatoms. The number of hydrogen-bond donors (Lipinski definition) is 0. The summed E-state index contributed by atoms with van der Waals surface area (Å²) in [7, 11) is 1.96. The minimum Gasteiger partial charge on any atom is -0.470 e. The van der Waals surface area contributed by atoms with Gasteiger partial charge in [0.2, 0.25) is 5.88 Å². The first-order valence-corrected chi connectivity index (χ1v) is 9.19. The second-order valence-electron chi connectivity index (χ2n) is 7.31. The van der Waals surface area contributed by atoms with Gasteiger partial charge in [0.1, 0.15) is 6.10 Å². The number of likely N-dealkylation sites (tertiary alicyclic amines) is 1. The van der Waals surface area contributed by atoms with Crippen molar-refractivity contribution >= 4 is 0 Å². The third-order valence-corrected chi connectivity index (χ3v) is 5.57. The van der Waals surface area contributed by atoms with Crippen molar-refractivity contribution in [1.82, 2.24) is 24.2 Å². The van der Waals surface area contributed by atoms with Gasteiger partial charge < -0.3 is 9.30 Å². The van der Waals surface area contributed by atoms with Crippen molar-refractivity contribution in [2.24, 2.45) is 7.05 Å². The topological polar surface area (TPSA) is 48.1 Å². The minimum atomic E-state index is 0.0939. The molecule has 0 bridgehead atoms. The van der Waals surface area contributed by atoms with E-state index in [4.69, 9.17) is 4.74 Å². The van der Waals surface area contributed by atoms with Crippen molar-refractivity contribution in [1.29, 1.82) is 0 Å². The Bertz CT molecular complexity index is 929. The van der Waals surface area contributed by atoms with Crippen LogP contribution in [0.15, 0.2) is 42.9 Å². The van der Waals surface area contributed by atoms with Gasteiger partial charge in [0, 0.05) is 26.7 Å². The Kier molecular flexibility index (Phi) is 3.60. The van der Waals surface area contributed by atoms with Gasteiger partial charge in [-0.25, -0.2) is 9.67 Å². The summed E-state index contributed by atoms with van der Waals surface area (Å²) in [6, 6.07) is 11.0. The van der Waals surface area contributed by atoms with Crippen molar-refractivity contribution in [2.75, 3.05) is 13.1 Å². The largest absolute Gasteiger partial charge is 0.470 e. The summed E-state index contributed by atoms with van der Waals surface area (Å²) in [5.41, 5.74) is 4.53. The second kappa shape index (κ2) is 5.99. The van der Waals surface area contributed by atoms with E-state index in [9.17, 15) is 0 Å². The molecule has 1 saturated heterocycles. The molecule has 1 aromatic carbocycles. The molecule has 134 valence electrons. The van der Waals surface area contributed by atoms with E-state index in [-0.39, 0.29) is 6.10 Å². The highest BCUT2D eigenvalue weighted by atomic mass is 16.5. The highest BCUT2D eigenvalue weighted by Gasteiger charge is 2.38. The lowest BCUT2D eigenvalue weighted by atomic mass is 10.0. The second-order valence-corrected chi connectivity index (χ2v) is 7.31. The van der Waals surface area contributed by atoms with Crippen LogP contribution >= 0.6 is 0 Å². The molecule has 6 nitrogen and oxygen atoms in total. The summed E-state index contributed by atoms with van der Waals surface area (Å²) in [4.78, 5) is 6.92. The molecule has 2 aliphatic heterocycles. The lowest BCUT2D eigenvalue weighted by Crippen LogP contribution is -2.46. The molecule has 2 atom stereocenters. The first-order chi connectivity index (χ1) is 12.7. The summed E-state index contributed by atoms with van der Waals surface area (Å²) < 4.78 is 10.7. The van der Waals surface area contributed by atoms with Crippen molar-refractivity contribution in [3.8, 4) is 17.1 Å². The lowest BCUT2D eigenvalue weighted by Gasteiger charge is -2.38. The maximum Gasteiger partial charge on any atom is 0.221 e. The minimum absolute atomic E-state index is 0.0939. The fourth-order valence-electron chi connectivity index (χ4n) is 4.36. The molecule has 1 fully saturated rings. The molecule has 0 unspecified atom stereocenters. The highest BCUT2D eigenvalue weighted by molar-refractivity contribution is 5.69. The fourth-order valence-corrected chi connectivity index (χ4v) is 4.36. The number of nitrogens with zero attached hydrogens (tertiary/aromatic N) is 5. The molecule has 0 radical (unpaired) electrons. The van der Waals surface area contributed by atoms with Crippen LogP contribution in [-0.4, -0.2) is 43.4 Å². The quantitative estimate of drug-likeness (QED) is 0.714. The Morgan fingerprint density at radius 1 is 1.23 bits per heavy atom. The fraction of sp³-hybridized carbons (Fsp3) is 0.400. The summed E-state index contributed by atoms with van der Waals surface area (Å²) in [6.07, 6.45) is 5.04. The molecule has 0 aliphatic carbocycles. The van der Waals surface area contributed by atoms with Crippen LogP contribution in [0.2, 0.25) is 0 Å². The Labute approximate surface area is 153 Å². The zero-order valence-electron chi connectivity index (χ0n) is 15.2. The van der Waals surface area contributed by atoms with Crippen LogP contribution in [0.3, 0.4) is 0 Å². The van der Waals surface area contributed by atoms with Gasteiger partial charge in [-0.1, -0.05) is 30.3 Å². The Morgan fingerprint density at radius 3 is 2.92 bits per heavy atom. The summed E-state index contributed by atoms with van der Waals surface area (Å²) in [6.45, 7) is 4.96. The maximum atomic E-state index is 6.53. The number of fused-ring (bicyclic) bond motifs is 5. The molecular weight excluding hydrogens is 326 g/mol. The number of benzene rings is 1. The van der Waals surface area contributed by atoms with Gasteiger partial charge in [-0.15, -0.1) is 0 Å². The van der Waals surface area contributed by atoms with Crippen molar-refractivity contribution in [2.45, 2.75) is 32.0 Å². The smallest absolute Gasteiger partial charge is 0.221 e. The zero-order valence-corrected chi connectivity index (χ0v) is 15.2. The van der Waals surface area contributed by atoms with E-state index in [0.717, 1.165) is 48.9 Å². The first kappa shape index (κ1) is 15.6. The van der Waals surface area contributed by atoms with E-state index in [2.05, 4.69) is 49.9 Å². The first-order valence-electron chi connectivity index (χ1n) is 9.19. The Balaban J connectivity index is 1.48. The molecule has 0 saturated carbocycles. The number of aromatic nitrogens is 4. The predicted octanol–water partition coefficient (Wildman–Crippen LogP) is 2.80. The molecule has 2 aromatic heterocycles. The zero-order chi connectivity index (χ0) is 17.7. The van der Waals surface area contributed by atoms with Gasteiger partial charge in [0.15, 0.2) is 0 Å². The van der Waals surface area contributed by atoms with Crippen LogP contribution in [0.1, 0.15) is 23.7 Å². The van der Waals surface area contributed by atoms with Crippen LogP contribution in [0.4, 0.5) is 0 Å². The summed E-state index contributed by atoms with van der Waals surface area (Å²) >= 11 is 0. The summed E-state index contributed by atoms with van der Waals surface area (Å²) in [5.74, 6) is 0.860. The van der Waals surface area contributed by atoms with Gasteiger partial charge >= 0.3 is 0 Å². The number of rotatable bonds is 2. The van der Waals surface area contributed by atoms with E-state index in [1.165, 1.54) is 5.56 Å². The van der Waals surface area contributed by atoms with E-state index < -0.39 is 0 Å². The van der Waals surface area contributed by atoms with E-state index >= 15 is 0 Å². The number of imidazole rings is 1. The van der Waals surface area contributed by atoms with Gasteiger partial charge in [0.05, 0.1) is 35.5 Å². The molecule has 2 aliphatic rings. The molecule has 3 aromatic rings. The number of hydrogen-bond acceptors (Lipinski definition) is 4. The van der Waals surface area contributed by atoms with Gasteiger partial charge in [-0.05, 0) is 18.9 Å². The van der Waals surface area contributed by atoms with E-state index in [1.54, 1.807) is 0 Å². The van der Waals surface area contributed by atoms with Crippen LogP contribution in [0.5, 0.6) is 5.88 Å². The monoisotopic (exact) mass is 349 g/mol. The SMILES string of the molecule is Cc1nn(C)c2c1-c1cncn1[C@@H]1CCN(Cc3ccccc3)C[C@H]1O2. The van der Waals surface area contributed by atoms with Crippen molar-refractivity contribution < 1.29 is 4.74 Å². The third-order valence-electron chi connectivity index (χ3n) is 5.57. The third kappa shape index (κ3) is 2.44. The molecular formula is C20H23N5O. The normalized spacial score (nSPS) is 22.1. The average molecular weight is 349 g/mol. The van der Waals surface area contributed by atoms with Crippen molar-refractivity contribution in [3.63, 3.8) is 0 Å². The lowest BCUT2D eigenvalue weighted by molar-refractivity contribution is 0.0393. The van der Waals surface area contributed by atoms with Crippen LogP contribution in [0, 0.1) is 6.92 Å². The summed E-state index contributed by atoms with van der Waals surface area (Å²) in [5, 5.41) is 4.57. The number of aryl methyl sites for hydroxylation is 2. The Hall–Kier alpha value is -2.60. The molecule has 0 amide bonds. The standard InChI is InChI=1S/C20H23N5O/c1-14-19-17-10-21-13-25(17)16-8-9-24(11-15-6-4-3-5-7-15)12-18(16)26-20(19)23(2)22-14/h3-7,10,13,16,18H,8-9,11-12H2,1-2H3/t16-,18-/m1/s1. The molecule has 0 N–H and O–H groups in total. The maximum absolute atomic E-state index is 6.53. The van der Waals surface area contributed by atoms with Crippen LogP contribution in [-0.2, 0) is 13.6 Å². The van der Waals surface area contributed by atoms with E-state index in [0.29, 0.717) is 6.04 Å². The van der Waals surface area contributed by atoms with Crippen LogP contribution < -0.4 is 4.74 Å². The highest BCUT2D eigenvalue weighted by Crippen LogP contribution is 2.41. The average Bonchev–Trinajstić information content (AvgIpc) is 3.17. The number of piperidine rings is 1. The van der Waals surface area contributed by atoms with Gasteiger partial charge in [-0.3, -0.25) is 4.90 Å². The van der Waals surface area contributed by atoms with Crippen LogP contribution in [0.25, 0.3) is 11.3 Å².